The molecule has 0 bridgehead atoms. The van der Waals surface area contributed by atoms with Crippen LogP contribution in [0.2, 0.25) is 0 Å². The molecule has 174 valence electrons. The molecule has 0 amide bonds. The summed E-state index contributed by atoms with van der Waals surface area (Å²) in [4.78, 5) is 12.7. The molecule has 0 atom stereocenters. The van der Waals surface area contributed by atoms with Gasteiger partial charge in [0.05, 0.1) is 12.0 Å². The van der Waals surface area contributed by atoms with E-state index in [-0.39, 0.29) is 0 Å². The number of hydrogen-bond donors (Lipinski definition) is 3. The minimum absolute atomic E-state index is 0.490. The van der Waals surface area contributed by atoms with Crippen molar-refractivity contribution in [3.05, 3.63) is 91.0 Å². The predicted molar refractivity (Wildman–Crippen MR) is 137 cm³/mol. The molecular formula is C26H29N7O. The number of benzene rings is 2. The van der Waals surface area contributed by atoms with Crippen LogP contribution in [0.1, 0.15) is 24.6 Å². The Morgan fingerprint density at radius 2 is 1.76 bits per heavy atom. The van der Waals surface area contributed by atoms with Gasteiger partial charge in [0, 0.05) is 35.9 Å². The number of aromatic nitrogens is 4. The van der Waals surface area contributed by atoms with Crippen molar-refractivity contribution < 1.29 is 4.74 Å². The molecule has 34 heavy (non-hydrogen) atoms. The van der Waals surface area contributed by atoms with Gasteiger partial charge in [-0.25, -0.2) is 15.0 Å². The molecule has 8 nitrogen and oxygen atoms in total. The molecule has 0 unspecified atom stereocenters. The fourth-order valence-electron chi connectivity index (χ4n) is 3.40. The lowest BCUT2D eigenvalue weighted by Crippen LogP contribution is -2.08. The van der Waals surface area contributed by atoms with E-state index in [2.05, 4.69) is 69.5 Å². The zero-order chi connectivity index (χ0) is 23.9. The van der Waals surface area contributed by atoms with E-state index in [4.69, 9.17) is 4.74 Å². The molecular weight excluding hydrogens is 426 g/mol. The Morgan fingerprint density at radius 3 is 2.50 bits per heavy atom. The van der Waals surface area contributed by atoms with Gasteiger partial charge >= 0.3 is 0 Å². The normalized spacial score (nSPS) is 10.6. The van der Waals surface area contributed by atoms with Crippen LogP contribution in [0.15, 0.2) is 79.8 Å². The molecule has 0 aliphatic rings. The number of imidazole rings is 1. The summed E-state index contributed by atoms with van der Waals surface area (Å²) in [6.45, 7) is 11.1. The van der Waals surface area contributed by atoms with Gasteiger partial charge in [-0.15, -0.1) is 0 Å². The Hall–Kier alpha value is -4.33. The topological polar surface area (TPSA) is 88.9 Å². The Bertz CT molecular complexity index is 1260. The fourth-order valence-corrected chi connectivity index (χ4v) is 3.40. The minimum atomic E-state index is 0.490. The number of hydrogen-bond acceptors (Lipinski definition) is 7. The number of ether oxygens (including phenoxy) is 1. The monoisotopic (exact) mass is 455 g/mol. The summed E-state index contributed by atoms with van der Waals surface area (Å²) in [5.41, 5.74) is 4.97. The molecule has 3 N–H and O–H groups in total. The number of aryl methyl sites for hydroxylation is 2. The van der Waals surface area contributed by atoms with Crippen LogP contribution in [0.25, 0.3) is 5.69 Å². The van der Waals surface area contributed by atoms with E-state index in [1.165, 1.54) is 6.33 Å². The molecule has 0 saturated heterocycles. The summed E-state index contributed by atoms with van der Waals surface area (Å²) < 4.78 is 7.86. The van der Waals surface area contributed by atoms with Gasteiger partial charge in [-0.2, -0.15) is 0 Å². The smallest absolute Gasteiger partial charge is 0.224 e. The lowest BCUT2D eigenvalue weighted by Gasteiger charge is -2.15. The summed E-state index contributed by atoms with van der Waals surface area (Å²) in [5.74, 6) is 2.58. The van der Waals surface area contributed by atoms with Crippen molar-refractivity contribution in [3.63, 3.8) is 0 Å². The first-order chi connectivity index (χ1) is 16.5. The highest BCUT2D eigenvalue weighted by molar-refractivity contribution is 5.60. The molecule has 0 aliphatic heterocycles. The largest absolute Gasteiger partial charge is 0.439 e. The van der Waals surface area contributed by atoms with E-state index in [0.717, 1.165) is 47.1 Å². The maximum absolute atomic E-state index is 5.86. The third kappa shape index (κ3) is 6.13. The average Bonchev–Trinajstić information content (AvgIpc) is 3.25. The van der Waals surface area contributed by atoms with Gasteiger partial charge in [0.1, 0.15) is 23.7 Å². The molecule has 0 fully saturated rings. The molecule has 0 aliphatic carbocycles. The molecule has 4 rings (SSSR count). The maximum Gasteiger partial charge on any atom is 0.224 e. The lowest BCUT2D eigenvalue weighted by atomic mass is 10.2. The van der Waals surface area contributed by atoms with Crippen LogP contribution in [0.3, 0.4) is 0 Å². The molecule has 2 aromatic carbocycles. The lowest BCUT2D eigenvalue weighted by molar-refractivity contribution is 0.462. The van der Waals surface area contributed by atoms with E-state index in [0.29, 0.717) is 17.5 Å². The maximum atomic E-state index is 5.86. The molecule has 4 aromatic rings. The van der Waals surface area contributed by atoms with Gasteiger partial charge < -0.3 is 25.3 Å². The number of anilines is 3. The van der Waals surface area contributed by atoms with Crippen LogP contribution in [0, 0.1) is 13.8 Å². The fraction of sp³-hybridized carbons (Fsp3) is 0.192. The first-order valence-corrected chi connectivity index (χ1v) is 11.2. The zero-order valence-electron chi connectivity index (χ0n) is 19.7. The van der Waals surface area contributed by atoms with Crippen LogP contribution in [0.4, 0.5) is 17.2 Å². The third-order valence-electron chi connectivity index (χ3n) is 4.94. The number of nitrogens with zero attached hydrogens (tertiary/aromatic N) is 4. The van der Waals surface area contributed by atoms with Crippen LogP contribution in [-0.4, -0.2) is 26.1 Å². The second kappa shape index (κ2) is 10.5. The Balaban J connectivity index is 1.36. The highest BCUT2D eigenvalue weighted by atomic mass is 16.5. The van der Waals surface area contributed by atoms with Gasteiger partial charge in [0.2, 0.25) is 5.88 Å². The molecule has 0 saturated carbocycles. The van der Waals surface area contributed by atoms with Gasteiger partial charge in [-0.05, 0) is 68.3 Å². The van der Waals surface area contributed by atoms with Crippen molar-refractivity contribution >= 4 is 17.2 Å². The first kappa shape index (κ1) is 22.8. The van der Waals surface area contributed by atoms with E-state index < -0.39 is 0 Å². The first-order valence-electron chi connectivity index (χ1n) is 11.2. The molecule has 0 spiro atoms. The summed E-state index contributed by atoms with van der Waals surface area (Å²) in [5, 5.41) is 9.84. The van der Waals surface area contributed by atoms with E-state index in [1.807, 2.05) is 48.3 Å². The summed E-state index contributed by atoms with van der Waals surface area (Å²) >= 11 is 0. The second-order valence-electron chi connectivity index (χ2n) is 8.00. The van der Waals surface area contributed by atoms with Crippen LogP contribution in [0.5, 0.6) is 11.6 Å². The van der Waals surface area contributed by atoms with Crippen molar-refractivity contribution in [2.24, 2.45) is 0 Å². The molecule has 0 radical (unpaired) electrons. The molecule has 2 aromatic heterocycles. The third-order valence-corrected chi connectivity index (χ3v) is 4.94. The van der Waals surface area contributed by atoms with E-state index in [1.54, 1.807) is 6.07 Å². The van der Waals surface area contributed by atoms with Gasteiger partial charge in [0.25, 0.3) is 0 Å². The quantitative estimate of drug-likeness (QED) is 0.275. The highest BCUT2D eigenvalue weighted by Gasteiger charge is 2.05. The Labute approximate surface area is 199 Å². The summed E-state index contributed by atoms with van der Waals surface area (Å²) in [7, 11) is 0. The van der Waals surface area contributed by atoms with Gasteiger partial charge in [-0.3, -0.25) is 0 Å². The van der Waals surface area contributed by atoms with Crippen LogP contribution in [-0.2, 0) is 0 Å². The number of nitrogens with one attached hydrogen (secondary N) is 3. The molecule has 8 heteroatoms. The van der Waals surface area contributed by atoms with Gasteiger partial charge in [-0.1, -0.05) is 13.5 Å². The van der Waals surface area contributed by atoms with Crippen molar-refractivity contribution in [1.82, 2.24) is 19.5 Å². The van der Waals surface area contributed by atoms with Crippen LogP contribution >= 0.6 is 0 Å². The van der Waals surface area contributed by atoms with E-state index in [9.17, 15) is 0 Å². The van der Waals surface area contributed by atoms with Crippen molar-refractivity contribution in [1.29, 1.82) is 0 Å². The van der Waals surface area contributed by atoms with E-state index >= 15 is 0 Å². The van der Waals surface area contributed by atoms with Crippen molar-refractivity contribution in [2.45, 2.75) is 27.2 Å². The van der Waals surface area contributed by atoms with Crippen LogP contribution < -0.4 is 20.7 Å². The zero-order valence-corrected chi connectivity index (χ0v) is 19.7. The van der Waals surface area contributed by atoms with Crippen molar-refractivity contribution in [3.8, 4) is 17.3 Å². The molecule has 2 heterocycles. The predicted octanol–water partition coefficient (Wildman–Crippen LogP) is 5.89. The minimum Gasteiger partial charge on any atom is -0.439 e. The summed E-state index contributed by atoms with van der Waals surface area (Å²) in [6.07, 6.45) is 6.32. The second-order valence-corrected chi connectivity index (χ2v) is 8.00. The average molecular weight is 456 g/mol. The summed E-state index contributed by atoms with van der Waals surface area (Å²) in [6, 6.07) is 15.6. The Kier molecular flexibility index (Phi) is 7.07. The van der Waals surface area contributed by atoms with Gasteiger partial charge in [0.15, 0.2) is 0 Å². The Morgan fingerprint density at radius 1 is 0.971 bits per heavy atom. The SMILES string of the molecule is C=C(Nc1ccc(Oc2cc(NCCC)ncn2)cc1)Nc1cc(C)cc(-n2cnc(C)c2)c1. The highest BCUT2D eigenvalue weighted by Crippen LogP contribution is 2.24. The van der Waals surface area contributed by atoms with Crippen molar-refractivity contribution in [2.75, 3.05) is 22.5 Å². The number of rotatable bonds is 10. The standard InChI is InChI=1S/C26H29N7O/c1-5-10-27-25-14-26(29-16-28-25)34-24-8-6-21(7-9-24)31-20(4)32-22-11-18(2)12-23(13-22)33-15-19(3)30-17-33/h6-9,11-17,31-32H,4-5,10H2,1-3H3,(H,27,28,29).